The van der Waals surface area contributed by atoms with Crippen LogP contribution in [0.15, 0.2) is 24.3 Å². The van der Waals surface area contributed by atoms with Gasteiger partial charge < -0.3 is 28.4 Å². The Kier molecular flexibility index (Phi) is 4.92. The van der Waals surface area contributed by atoms with E-state index in [-0.39, 0.29) is 12.7 Å². The SMILES string of the molecule is COc1cc2c(cc1OC(C)=O)OCC(c1cc3c(cc1OC(C)=O)OCO3)C2. The Morgan fingerprint density at radius 2 is 1.52 bits per heavy atom. The molecule has 0 saturated heterocycles. The highest BCUT2D eigenvalue weighted by molar-refractivity contribution is 5.72. The van der Waals surface area contributed by atoms with E-state index in [0.717, 1.165) is 11.1 Å². The first kappa shape index (κ1) is 18.9. The summed E-state index contributed by atoms with van der Waals surface area (Å²) in [5.74, 6) is 1.97. The molecule has 2 aromatic rings. The Balaban J connectivity index is 1.68. The second-order valence-corrected chi connectivity index (χ2v) is 6.75. The summed E-state index contributed by atoms with van der Waals surface area (Å²) in [5, 5.41) is 0. The number of hydrogen-bond acceptors (Lipinski definition) is 8. The first-order chi connectivity index (χ1) is 13.9. The zero-order valence-electron chi connectivity index (χ0n) is 16.3. The quantitative estimate of drug-likeness (QED) is 0.572. The molecule has 0 bridgehead atoms. The maximum atomic E-state index is 11.6. The average molecular weight is 400 g/mol. The number of carbonyl (C=O) groups is 2. The van der Waals surface area contributed by atoms with Crippen molar-refractivity contribution in [2.24, 2.45) is 0 Å². The summed E-state index contributed by atoms with van der Waals surface area (Å²) in [6.45, 7) is 3.15. The van der Waals surface area contributed by atoms with Crippen LogP contribution in [0.1, 0.15) is 30.9 Å². The van der Waals surface area contributed by atoms with Crippen molar-refractivity contribution >= 4 is 11.9 Å². The van der Waals surface area contributed by atoms with Gasteiger partial charge in [-0.2, -0.15) is 0 Å². The molecule has 0 saturated carbocycles. The van der Waals surface area contributed by atoms with E-state index >= 15 is 0 Å². The number of methoxy groups -OCH3 is 1. The fraction of sp³-hybridized carbons (Fsp3) is 0.333. The molecule has 0 fully saturated rings. The molecule has 8 heteroatoms. The highest BCUT2D eigenvalue weighted by atomic mass is 16.7. The number of ether oxygens (including phenoxy) is 6. The van der Waals surface area contributed by atoms with Crippen molar-refractivity contribution in [3.05, 3.63) is 35.4 Å². The van der Waals surface area contributed by atoms with Crippen molar-refractivity contribution in [3.63, 3.8) is 0 Å². The molecule has 1 unspecified atom stereocenters. The summed E-state index contributed by atoms with van der Waals surface area (Å²) < 4.78 is 32.8. The molecular formula is C21H20O8. The molecule has 0 amide bonds. The standard InChI is InChI=1S/C21H20O8/c1-11(22)28-17-8-20-19(26-10-27-20)6-15(17)14-4-13-5-18(24-3)21(29-12(2)23)7-16(13)25-9-14/h5-8,14H,4,9-10H2,1-3H3. The first-order valence-electron chi connectivity index (χ1n) is 9.08. The third-order valence-electron chi connectivity index (χ3n) is 4.71. The van der Waals surface area contributed by atoms with E-state index < -0.39 is 11.9 Å². The minimum absolute atomic E-state index is 0.0874. The van der Waals surface area contributed by atoms with E-state index in [1.54, 1.807) is 18.2 Å². The predicted octanol–water partition coefficient (Wildman–Crippen LogP) is 2.99. The number of carbonyl (C=O) groups excluding carboxylic acids is 2. The van der Waals surface area contributed by atoms with Gasteiger partial charge in [0.1, 0.15) is 11.5 Å². The summed E-state index contributed by atoms with van der Waals surface area (Å²) in [7, 11) is 1.51. The second-order valence-electron chi connectivity index (χ2n) is 6.75. The maximum Gasteiger partial charge on any atom is 0.308 e. The van der Waals surface area contributed by atoms with Crippen LogP contribution in [0, 0.1) is 0 Å². The average Bonchev–Trinajstić information content (AvgIpc) is 3.13. The summed E-state index contributed by atoms with van der Waals surface area (Å²) in [6, 6.07) is 6.93. The maximum absolute atomic E-state index is 11.6. The van der Waals surface area contributed by atoms with E-state index in [4.69, 9.17) is 28.4 Å². The zero-order valence-corrected chi connectivity index (χ0v) is 16.3. The van der Waals surface area contributed by atoms with Crippen molar-refractivity contribution in [1.29, 1.82) is 0 Å². The third-order valence-corrected chi connectivity index (χ3v) is 4.71. The van der Waals surface area contributed by atoms with Gasteiger partial charge in [-0.05, 0) is 24.1 Å². The summed E-state index contributed by atoms with van der Waals surface area (Å²) in [6.07, 6.45) is 0.611. The van der Waals surface area contributed by atoms with Crippen molar-refractivity contribution < 1.29 is 38.0 Å². The number of hydrogen-bond donors (Lipinski definition) is 0. The molecule has 2 aromatic carbocycles. The van der Waals surface area contributed by atoms with Crippen molar-refractivity contribution in [2.75, 3.05) is 20.5 Å². The van der Waals surface area contributed by atoms with Gasteiger partial charge in [-0.1, -0.05) is 0 Å². The Morgan fingerprint density at radius 1 is 0.862 bits per heavy atom. The smallest absolute Gasteiger partial charge is 0.308 e. The van der Waals surface area contributed by atoms with Gasteiger partial charge in [-0.3, -0.25) is 9.59 Å². The molecular weight excluding hydrogens is 380 g/mol. The van der Waals surface area contributed by atoms with Gasteiger partial charge in [0.15, 0.2) is 23.0 Å². The molecule has 2 aliphatic rings. The van der Waals surface area contributed by atoms with Gasteiger partial charge >= 0.3 is 11.9 Å². The number of rotatable bonds is 4. The van der Waals surface area contributed by atoms with Crippen molar-refractivity contribution in [2.45, 2.75) is 26.2 Å². The molecule has 0 aromatic heterocycles. The number of benzene rings is 2. The lowest BCUT2D eigenvalue weighted by molar-refractivity contribution is -0.132. The lowest BCUT2D eigenvalue weighted by atomic mass is 9.89. The van der Waals surface area contributed by atoms with Crippen LogP contribution in [-0.4, -0.2) is 32.4 Å². The second kappa shape index (κ2) is 7.54. The Morgan fingerprint density at radius 3 is 2.21 bits per heavy atom. The molecule has 2 aliphatic heterocycles. The fourth-order valence-corrected chi connectivity index (χ4v) is 3.49. The van der Waals surface area contributed by atoms with E-state index in [9.17, 15) is 9.59 Å². The molecule has 0 N–H and O–H groups in total. The lowest BCUT2D eigenvalue weighted by Gasteiger charge is -2.27. The van der Waals surface area contributed by atoms with Crippen molar-refractivity contribution in [3.8, 4) is 34.5 Å². The van der Waals surface area contributed by atoms with Crippen LogP contribution in [0.5, 0.6) is 34.5 Å². The molecule has 0 aliphatic carbocycles. The van der Waals surface area contributed by atoms with E-state index in [1.807, 2.05) is 6.07 Å². The minimum Gasteiger partial charge on any atom is -0.493 e. The monoisotopic (exact) mass is 400 g/mol. The molecule has 29 heavy (non-hydrogen) atoms. The molecule has 4 rings (SSSR count). The Bertz CT molecular complexity index is 981. The minimum atomic E-state index is -0.441. The van der Waals surface area contributed by atoms with E-state index in [0.29, 0.717) is 47.5 Å². The van der Waals surface area contributed by atoms with E-state index in [1.165, 1.54) is 21.0 Å². The normalized spacial score (nSPS) is 16.4. The molecule has 0 radical (unpaired) electrons. The Labute approximate surface area is 167 Å². The van der Waals surface area contributed by atoms with Crippen LogP contribution in [0.2, 0.25) is 0 Å². The topological polar surface area (TPSA) is 89.5 Å². The van der Waals surface area contributed by atoms with Gasteiger partial charge in [0, 0.05) is 37.5 Å². The molecule has 0 spiro atoms. The zero-order chi connectivity index (χ0) is 20.5. The van der Waals surface area contributed by atoms with Crippen LogP contribution in [-0.2, 0) is 16.0 Å². The highest BCUT2D eigenvalue weighted by Crippen LogP contribution is 2.45. The van der Waals surface area contributed by atoms with Crippen LogP contribution < -0.4 is 28.4 Å². The largest absolute Gasteiger partial charge is 0.493 e. The van der Waals surface area contributed by atoms with Gasteiger partial charge in [-0.15, -0.1) is 0 Å². The summed E-state index contributed by atoms with van der Waals surface area (Å²) >= 11 is 0. The molecule has 2 heterocycles. The van der Waals surface area contributed by atoms with Gasteiger partial charge in [0.25, 0.3) is 0 Å². The third kappa shape index (κ3) is 3.78. The van der Waals surface area contributed by atoms with Crippen LogP contribution in [0.25, 0.3) is 0 Å². The number of esters is 2. The molecule has 1 atom stereocenters. The van der Waals surface area contributed by atoms with Crippen molar-refractivity contribution in [1.82, 2.24) is 0 Å². The number of fused-ring (bicyclic) bond motifs is 2. The van der Waals surface area contributed by atoms with E-state index in [2.05, 4.69) is 0 Å². The van der Waals surface area contributed by atoms with Crippen LogP contribution in [0.3, 0.4) is 0 Å². The Hall–Kier alpha value is -3.42. The molecule has 152 valence electrons. The molecule has 8 nitrogen and oxygen atoms in total. The van der Waals surface area contributed by atoms with Crippen LogP contribution in [0.4, 0.5) is 0 Å². The summed E-state index contributed by atoms with van der Waals surface area (Å²) in [5.41, 5.74) is 1.68. The first-order valence-corrected chi connectivity index (χ1v) is 9.08. The summed E-state index contributed by atoms with van der Waals surface area (Å²) in [4.78, 5) is 22.9. The lowest BCUT2D eigenvalue weighted by Crippen LogP contribution is -2.20. The van der Waals surface area contributed by atoms with Gasteiger partial charge in [0.05, 0.1) is 13.7 Å². The highest BCUT2D eigenvalue weighted by Gasteiger charge is 2.29. The van der Waals surface area contributed by atoms with Gasteiger partial charge in [-0.25, -0.2) is 0 Å². The fourth-order valence-electron chi connectivity index (χ4n) is 3.49. The predicted molar refractivity (Wildman–Crippen MR) is 100 cm³/mol. The van der Waals surface area contributed by atoms with Gasteiger partial charge in [0.2, 0.25) is 6.79 Å². The van der Waals surface area contributed by atoms with Crippen LogP contribution >= 0.6 is 0 Å².